The third-order valence-electron chi connectivity index (χ3n) is 7.66. The Balaban J connectivity index is 1.32. The van der Waals surface area contributed by atoms with Gasteiger partial charge in [-0.15, -0.1) is 10.2 Å². The molecule has 6 rings (SSSR count). The standard InChI is InChI=1S/C31H29ClFN9O3/c1-16-6-4-8-23(36-30(44)28-17(2)42(41-39-28)26-9-5-7-22(32)27(26)33)25-14-19(12-13-34-25)21-11-10-20(15-24(21)37-29(16)43)35-31-40-38-18(3)45-31/h5,7,9-16,23H,4,6,8H2,1-3H3,(H,35,40)(H,36,44)(H,37,43)/t16-,23-/m0/s1. The van der Waals surface area contributed by atoms with Crippen LogP contribution in [0.5, 0.6) is 0 Å². The van der Waals surface area contributed by atoms with Gasteiger partial charge in [-0.05, 0) is 61.7 Å². The van der Waals surface area contributed by atoms with Crippen molar-refractivity contribution >= 4 is 40.8 Å². The summed E-state index contributed by atoms with van der Waals surface area (Å²) in [6.45, 7) is 5.20. The van der Waals surface area contributed by atoms with Crippen molar-refractivity contribution in [1.29, 1.82) is 0 Å². The first-order valence-electron chi connectivity index (χ1n) is 14.3. The van der Waals surface area contributed by atoms with Crippen LogP contribution < -0.4 is 16.0 Å². The van der Waals surface area contributed by atoms with Crippen molar-refractivity contribution in [1.82, 2.24) is 35.5 Å². The van der Waals surface area contributed by atoms with E-state index >= 15 is 0 Å². The molecule has 14 heteroatoms. The number of carbonyl (C=O) groups excluding carboxylic acids is 2. The number of aromatic nitrogens is 6. The lowest BCUT2D eigenvalue weighted by Gasteiger charge is -2.22. The number of carbonyl (C=O) groups is 2. The van der Waals surface area contributed by atoms with E-state index < -0.39 is 17.8 Å². The van der Waals surface area contributed by atoms with Crippen molar-refractivity contribution in [2.75, 3.05) is 10.6 Å². The predicted molar refractivity (Wildman–Crippen MR) is 165 cm³/mol. The summed E-state index contributed by atoms with van der Waals surface area (Å²) >= 11 is 5.95. The van der Waals surface area contributed by atoms with Gasteiger partial charge in [0, 0.05) is 30.3 Å². The molecule has 1 aliphatic rings. The minimum absolute atomic E-state index is 0.0474. The van der Waals surface area contributed by atoms with Crippen LogP contribution >= 0.6 is 11.6 Å². The lowest BCUT2D eigenvalue weighted by Crippen LogP contribution is -2.30. The van der Waals surface area contributed by atoms with Crippen LogP contribution in [-0.4, -0.2) is 42.0 Å². The Morgan fingerprint density at radius 3 is 2.76 bits per heavy atom. The summed E-state index contributed by atoms with van der Waals surface area (Å²) in [5.41, 5.74) is 3.92. The highest BCUT2D eigenvalue weighted by Gasteiger charge is 2.25. The Hall–Kier alpha value is -5.17. The second-order valence-corrected chi connectivity index (χ2v) is 11.2. The number of anilines is 3. The molecule has 0 unspecified atom stereocenters. The maximum Gasteiger partial charge on any atom is 0.320 e. The maximum absolute atomic E-state index is 14.7. The van der Waals surface area contributed by atoms with E-state index in [1.165, 1.54) is 16.8 Å². The average molecular weight is 630 g/mol. The number of pyridine rings is 1. The molecule has 0 saturated heterocycles. The molecule has 45 heavy (non-hydrogen) atoms. The van der Waals surface area contributed by atoms with E-state index in [1.807, 2.05) is 31.2 Å². The highest BCUT2D eigenvalue weighted by Crippen LogP contribution is 2.34. The van der Waals surface area contributed by atoms with Crippen molar-refractivity contribution in [3.63, 3.8) is 0 Å². The predicted octanol–water partition coefficient (Wildman–Crippen LogP) is 6.09. The second kappa shape index (κ2) is 12.4. The van der Waals surface area contributed by atoms with Gasteiger partial charge in [0.15, 0.2) is 11.5 Å². The topological polar surface area (TPSA) is 153 Å². The lowest BCUT2D eigenvalue weighted by atomic mass is 9.95. The summed E-state index contributed by atoms with van der Waals surface area (Å²) in [7, 11) is 0. The molecular formula is C31H29ClFN9O3. The van der Waals surface area contributed by atoms with Crippen LogP contribution in [-0.2, 0) is 4.79 Å². The largest absolute Gasteiger partial charge is 0.408 e. The molecular weight excluding hydrogens is 601 g/mol. The van der Waals surface area contributed by atoms with E-state index in [1.54, 1.807) is 32.2 Å². The number of halogens is 2. The van der Waals surface area contributed by atoms with Gasteiger partial charge in [-0.3, -0.25) is 14.6 Å². The summed E-state index contributed by atoms with van der Waals surface area (Å²) in [6, 6.07) is 13.5. The molecule has 3 aromatic heterocycles. The fourth-order valence-electron chi connectivity index (χ4n) is 5.21. The number of nitrogens with one attached hydrogen (secondary N) is 3. The van der Waals surface area contributed by atoms with Crippen molar-refractivity contribution in [3.05, 3.63) is 88.5 Å². The highest BCUT2D eigenvalue weighted by atomic mass is 35.5. The van der Waals surface area contributed by atoms with Crippen molar-refractivity contribution in [2.45, 2.75) is 46.1 Å². The van der Waals surface area contributed by atoms with Crippen molar-refractivity contribution in [3.8, 4) is 16.8 Å². The Bertz CT molecular complexity index is 1910. The van der Waals surface area contributed by atoms with E-state index in [9.17, 15) is 14.0 Å². The monoisotopic (exact) mass is 629 g/mol. The first-order chi connectivity index (χ1) is 21.7. The van der Waals surface area contributed by atoms with E-state index in [-0.39, 0.29) is 34.2 Å². The SMILES string of the molecule is Cc1nnc(Nc2ccc3c(c2)NC(=O)[C@@H](C)CCC[C@H](NC(=O)c2nnn(-c4cccc(Cl)c4F)c2C)c2cc-3ccn2)o1. The maximum atomic E-state index is 14.7. The zero-order chi connectivity index (χ0) is 31.7. The Kier molecular flexibility index (Phi) is 8.26. The van der Waals surface area contributed by atoms with Gasteiger partial charge in [-0.25, -0.2) is 9.07 Å². The molecule has 0 spiro atoms. The number of hydrogen-bond acceptors (Lipinski definition) is 9. The van der Waals surface area contributed by atoms with Crippen molar-refractivity contribution < 1.29 is 18.4 Å². The fraction of sp³-hybridized carbons (Fsp3) is 0.258. The molecule has 5 aromatic rings. The van der Waals surface area contributed by atoms with Gasteiger partial charge in [0.25, 0.3) is 5.91 Å². The summed E-state index contributed by atoms with van der Waals surface area (Å²) < 4.78 is 21.4. The first kappa shape index (κ1) is 29.9. The van der Waals surface area contributed by atoms with Crippen molar-refractivity contribution in [2.24, 2.45) is 5.92 Å². The molecule has 230 valence electrons. The van der Waals surface area contributed by atoms with Crippen LogP contribution in [0.15, 0.2) is 59.1 Å². The first-order valence-corrected chi connectivity index (χ1v) is 14.7. The zero-order valence-electron chi connectivity index (χ0n) is 24.6. The van der Waals surface area contributed by atoms with E-state index in [0.717, 1.165) is 11.1 Å². The van der Waals surface area contributed by atoms with Crippen LogP contribution in [0, 0.1) is 25.6 Å². The minimum Gasteiger partial charge on any atom is -0.408 e. The number of nitrogens with zero attached hydrogens (tertiary/aromatic N) is 6. The summed E-state index contributed by atoms with van der Waals surface area (Å²) in [6.07, 6.45) is 3.40. The van der Waals surface area contributed by atoms with Crippen LogP contribution in [0.4, 0.5) is 21.8 Å². The van der Waals surface area contributed by atoms with E-state index in [0.29, 0.717) is 47.9 Å². The molecule has 0 fully saturated rings. The molecule has 0 saturated carbocycles. The highest BCUT2D eigenvalue weighted by molar-refractivity contribution is 6.30. The average Bonchev–Trinajstić information content (AvgIpc) is 3.62. The third kappa shape index (κ3) is 6.25. The Morgan fingerprint density at radius 1 is 1.11 bits per heavy atom. The van der Waals surface area contributed by atoms with Gasteiger partial charge in [0.2, 0.25) is 11.8 Å². The molecule has 2 bridgehead atoms. The molecule has 12 nitrogen and oxygen atoms in total. The third-order valence-corrected chi connectivity index (χ3v) is 7.95. The van der Waals surface area contributed by atoms with Gasteiger partial charge in [-0.2, -0.15) is 0 Å². The number of fused-ring (bicyclic) bond motifs is 4. The Morgan fingerprint density at radius 2 is 1.96 bits per heavy atom. The van der Waals surface area contributed by atoms with Gasteiger partial charge in [0.05, 0.1) is 28.1 Å². The minimum atomic E-state index is -0.662. The summed E-state index contributed by atoms with van der Waals surface area (Å²) in [5, 5.41) is 25.0. The van der Waals surface area contributed by atoms with Crippen LogP contribution in [0.2, 0.25) is 5.02 Å². The van der Waals surface area contributed by atoms with Crippen LogP contribution in [0.25, 0.3) is 16.8 Å². The van der Waals surface area contributed by atoms with Gasteiger partial charge in [0.1, 0.15) is 5.69 Å². The summed E-state index contributed by atoms with van der Waals surface area (Å²) in [4.78, 5) is 31.4. The summed E-state index contributed by atoms with van der Waals surface area (Å²) in [5.74, 6) is -1.15. The molecule has 2 amide bonds. The smallest absolute Gasteiger partial charge is 0.320 e. The molecule has 0 radical (unpaired) electrons. The molecule has 3 N–H and O–H groups in total. The van der Waals surface area contributed by atoms with E-state index in [2.05, 4.69) is 41.4 Å². The van der Waals surface area contributed by atoms with Crippen LogP contribution in [0.1, 0.15) is 60.0 Å². The fourth-order valence-corrected chi connectivity index (χ4v) is 5.38. The normalized spacial score (nSPS) is 16.6. The number of amides is 2. The molecule has 2 aromatic carbocycles. The number of hydrogen-bond donors (Lipinski definition) is 3. The van der Waals surface area contributed by atoms with Gasteiger partial charge in [-0.1, -0.05) is 47.4 Å². The number of rotatable bonds is 5. The number of benzene rings is 2. The van der Waals surface area contributed by atoms with Gasteiger partial charge >= 0.3 is 6.01 Å². The quantitative estimate of drug-likeness (QED) is 0.209. The lowest BCUT2D eigenvalue weighted by molar-refractivity contribution is -0.119. The van der Waals surface area contributed by atoms with Crippen LogP contribution in [0.3, 0.4) is 0 Å². The Labute approximate surface area is 262 Å². The zero-order valence-corrected chi connectivity index (χ0v) is 25.4. The molecule has 4 heterocycles. The number of aryl methyl sites for hydroxylation is 1. The molecule has 0 aliphatic carbocycles. The molecule has 1 aliphatic heterocycles. The van der Waals surface area contributed by atoms with E-state index in [4.69, 9.17) is 16.0 Å². The molecule has 2 atom stereocenters. The second-order valence-electron chi connectivity index (χ2n) is 10.8. The van der Waals surface area contributed by atoms with Gasteiger partial charge < -0.3 is 20.4 Å².